The van der Waals surface area contributed by atoms with Crippen molar-refractivity contribution in [3.63, 3.8) is 0 Å². The normalized spacial score (nSPS) is 10.6. The van der Waals surface area contributed by atoms with Crippen molar-refractivity contribution in [2.75, 3.05) is 18.2 Å². The van der Waals surface area contributed by atoms with E-state index in [0.717, 1.165) is 21.6 Å². The quantitative estimate of drug-likeness (QED) is 0.369. The zero-order valence-electron chi connectivity index (χ0n) is 16.5. The van der Waals surface area contributed by atoms with Gasteiger partial charge in [0.1, 0.15) is 11.4 Å². The number of nitrogens with zero attached hydrogens (tertiary/aromatic N) is 4. The van der Waals surface area contributed by atoms with Gasteiger partial charge in [-0.15, -0.1) is 10.2 Å². The number of carbonyl (C=O) groups excluding carboxylic acids is 1. The van der Waals surface area contributed by atoms with E-state index in [2.05, 4.69) is 36.4 Å². The predicted octanol–water partition coefficient (Wildman–Crippen LogP) is 4.83. The molecule has 0 radical (unpaired) electrons. The van der Waals surface area contributed by atoms with E-state index in [1.807, 2.05) is 71.3 Å². The molecule has 0 saturated heterocycles. The maximum absolute atomic E-state index is 12.4. The fraction of sp³-hybridized carbons (Fsp3) is 0.0909. The van der Waals surface area contributed by atoms with Crippen molar-refractivity contribution >= 4 is 39.3 Å². The maximum atomic E-state index is 12.4. The van der Waals surface area contributed by atoms with Crippen molar-refractivity contribution in [1.29, 1.82) is 0 Å². The molecule has 4 aromatic rings. The summed E-state index contributed by atoms with van der Waals surface area (Å²) < 4.78 is 8.10. The van der Waals surface area contributed by atoms with E-state index in [1.165, 1.54) is 11.8 Å². The van der Waals surface area contributed by atoms with Gasteiger partial charge in [0.05, 0.1) is 18.6 Å². The van der Waals surface area contributed by atoms with E-state index >= 15 is 0 Å². The highest BCUT2D eigenvalue weighted by molar-refractivity contribution is 9.10. The second-order valence-electron chi connectivity index (χ2n) is 6.40. The van der Waals surface area contributed by atoms with Crippen LogP contribution in [0, 0.1) is 0 Å². The Kier molecular flexibility index (Phi) is 6.63. The molecule has 0 spiro atoms. The smallest absolute Gasteiger partial charge is 0.234 e. The molecule has 0 unspecified atom stereocenters. The lowest BCUT2D eigenvalue weighted by Gasteiger charge is -2.11. The summed E-state index contributed by atoms with van der Waals surface area (Å²) in [6.45, 7) is 0. The van der Waals surface area contributed by atoms with Gasteiger partial charge in [0.25, 0.3) is 0 Å². The van der Waals surface area contributed by atoms with E-state index in [9.17, 15) is 4.79 Å². The summed E-state index contributed by atoms with van der Waals surface area (Å²) in [4.78, 5) is 16.8. The average Bonchev–Trinajstić information content (AvgIpc) is 3.24. The molecule has 0 aliphatic rings. The molecule has 2 aromatic heterocycles. The minimum absolute atomic E-state index is 0.129. The Morgan fingerprint density at radius 2 is 1.84 bits per heavy atom. The fourth-order valence-electron chi connectivity index (χ4n) is 2.85. The van der Waals surface area contributed by atoms with Gasteiger partial charge in [-0.05, 0) is 60.7 Å². The lowest BCUT2D eigenvalue weighted by molar-refractivity contribution is -0.113. The number of aromatic nitrogens is 4. The summed E-state index contributed by atoms with van der Waals surface area (Å²) >= 11 is 4.69. The SMILES string of the molecule is COc1ccc(-n2c(SCC(=O)Nc3ccc(Br)cc3)nnc2-c2ccccn2)cc1. The Morgan fingerprint density at radius 1 is 1.06 bits per heavy atom. The van der Waals surface area contributed by atoms with E-state index in [0.29, 0.717) is 16.7 Å². The van der Waals surface area contributed by atoms with Crippen LogP contribution in [0.15, 0.2) is 82.6 Å². The number of carbonyl (C=O) groups is 1. The molecule has 0 atom stereocenters. The number of benzene rings is 2. The first-order valence-corrected chi connectivity index (χ1v) is 11.1. The van der Waals surface area contributed by atoms with Crippen molar-refractivity contribution in [3.8, 4) is 23.0 Å². The van der Waals surface area contributed by atoms with Crippen LogP contribution in [0.3, 0.4) is 0 Å². The minimum Gasteiger partial charge on any atom is -0.497 e. The summed E-state index contributed by atoms with van der Waals surface area (Å²) in [6, 6.07) is 20.6. The zero-order valence-corrected chi connectivity index (χ0v) is 18.9. The number of thioether (sulfide) groups is 1. The van der Waals surface area contributed by atoms with Crippen LogP contribution in [0.25, 0.3) is 17.2 Å². The topological polar surface area (TPSA) is 81.9 Å². The second-order valence-corrected chi connectivity index (χ2v) is 8.26. The van der Waals surface area contributed by atoms with Crippen LogP contribution in [0.1, 0.15) is 0 Å². The lowest BCUT2D eigenvalue weighted by Crippen LogP contribution is -2.14. The second kappa shape index (κ2) is 9.76. The van der Waals surface area contributed by atoms with Gasteiger partial charge in [0.2, 0.25) is 5.91 Å². The molecule has 156 valence electrons. The summed E-state index contributed by atoms with van der Waals surface area (Å²) in [7, 11) is 1.62. The van der Waals surface area contributed by atoms with Crippen molar-refractivity contribution < 1.29 is 9.53 Å². The highest BCUT2D eigenvalue weighted by Crippen LogP contribution is 2.28. The van der Waals surface area contributed by atoms with E-state index in [-0.39, 0.29) is 11.7 Å². The number of ether oxygens (including phenoxy) is 1. The summed E-state index contributed by atoms with van der Waals surface area (Å²) in [5.41, 5.74) is 2.28. The summed E-state index contributed by atoms with van der Waals surface area (Å²) in [5, 5.41) is 12.1. The zero-order chi connectivity index (χ0) is 21.6. The highest BCUT2D eigenvalue weighted by atomic mass is 79.9. The number of nitrogens with one attached hydrogen (secondary N) is 1. The molecule has 1 N–H and O–H groups in total. The Hall–Kier alpha value is -3.17. The Balaban J connectivity index is 1.58. The van der Waals surface area contributed by atoms with Gasteiger partial charge in [-0.2, -0.15) is 0 Å². The molecular formula is C22H18BrN5O2S. The third-order valence-electron chi connectivity index (χ3n) is 4.32. The molecule has 0 aliphatic carbocycles. The number of methoxy groups -OCH3 is 1. The van der Waals surface area contributed by atoms with Crippen LogP contribution in [-0.4, -0.2) is 38.5 Å². The number of hydrogen-bond acceptors (Lipinski definition) is 6. The maximum Gasteiger partial charge on any atom is 0.234 e. The molecular weight excluding hydrogens is 478 g/mol. The molecule has 1 amide bonds. The van der Waals surface area contributed by atoms with Gasteiger partial charge < -0.3 is 10.1 Å². The first-order valence-electron chi connectivity index (χ1n) is 9.33. The van der Waals surface area contributed by atoms with Crippen molar-refractivity contribution in [2.24, 2.45) is 0 Å². The monoisotopic (exact) mass is 495 g/mol. The molecule has 7 nitrogen and oxygen atoms in total. The van der Waals surface area contributed by atoms with Crippen LogP contribution in [-0.2, 0) is 4.79 Å². The molecule has 2 aromatic carbocycles. The minimum atomic E-state index is -0.129. The molecule has 0 bridgehead atoms. The lowest BCUT2D eigenvalue weighted by atomic mass is 10.3. The first kappa shape index (κ1) is 21.1. The van der Waals surface area contributed by atoms with Gasteiger partial charge >= 0.3 is 0 Å². The van der Waals surface area contributed by atoms with E-state index in [1.54, 1.807) is 13.3 Å². The number of rotatable bonds is 7. The molecule has 0 saturated carbocycles. The fourth-order valence-corrected chi connectivity index (χ4v) is 3.87. The Bertz CT molecular complexity index is 1160. The van der Waals surface area contributed by atoms with Crippen LogP contribution in [0.5, 0.6) is 5.75 Å². The highest BCUT2D eigenvalue weighted by Gasteiger charge is 2.18. The third-order valence-corrected chi connectivity index (χ3v) is 5.78. The number of anilines is 1. The molecule has 0 fully saturated rings. The standard InChI is InChI=1S/C22H18BrN5O2S/c1-30-18-11-9-17(10-12-18)28-21(19-4-2-3-13-24-19)26-27-22(28)31-14-20(29)25-16-7-5-15(23)6-8-16/h2-13H,14H2,1H3,(H,25,29). The summed E-state index contributed by atoms with van der Waals surface area (Å²) in [6.07, 6.45) is 1.71. The molecule has 0 aliphatic heterocycles. The largest absolute Gasteiger partial charge is 0.497 e. The van der Waals surface area contributed by atoms with Gasteiger partial charge in [0.15, 0.2) is 11.0 Å². The van der Waals surface area contributed by atoms with E-state index in [4.69, 9.17) is 4.74 Å². The van der Waals surface area contributed by atoms with Crippen LogP contribution < -0.4 is 10.1 Å². The number of amides is 1. The van der Waals surface area contributed by atoms with Gasteiger partial charge in [-0.1, -0.05) is 33.8 Å². The van der Waals surface area contributed by atoms with Gasteiger partial charge in [0, 0.05) is 16.4 Å². The van der Waals surface area contributed by atoms with Crippen molar-refractivity contribution in [2.45, 2.75) is 5.16 Å². The number of halogens is 1. The van der Waals surface area contributed by atoms with Crippen molar-refractivity contribution in [3.05, 3.63) is 77.4 Å². The van der Waals surface area contributed by atoms with Crippen LogP contribution >= 0.6 is 27.7 Å². The molecule has 9 heteroatoms. The molecule has 2 heterocycles. The Morgan fingerprint density at radius 3 is 2.52 bits per heavy atom. The van der Waals surface area contributed by atoms with E-state index < -0.39 is 0 Å². The van der Waals surface area contributed by atoms with Gasteiger partial charge in [-0.25, -0.2) is 0 Å². The van der Waals surface area contributed by atoms with Crippen LogP contribution in [0.4, 0.5) is 5.69 Å². The number of pyridine rings is 1. The average molecular weight is 496 g/mol. The van der Waals surface area contributed by atoms with Crippen LogP contribution in [0.2, 0.25) is 0 Å². The summed E-state index contributed by atoms with van der Waals surface area (Å²) in [5.74, 6) is 1.41. The first-order chi connectivity index (χ1) is 15.1. The predicted molar refractivity (Wildman–Crippen MR) is 125 cm³/mol. The van der Waals surface area contributed by atoms with Crippen molar-refractivity contribution in [1.82, 2.24) is 19.7 Å². The van der Waals surface area contributed by atoms with Gasteiger partial charge in [-0.3, -0.25) is 14.3 Å². The molecule has 4 rings (SSSR count). The third kappa shape index (κ3) is 5.12. The molecule has 31 heavy (non-hydrogen) atoms. The number of hydrogen-bond donors (Lipinski definition) is 1. The Labute approximate surface area is 192 Å².